The molecule has 0 radical (unpaired) electrons. The fourth-order valence-electron chi connectivity index (χ4n) is 3.02. The molecule has 140 valence electrons. The summed E-state index contributed by atoms with van der Waals surface area (Å²) in [4.78, 5) is 18.5. The average Bonchev–Trinajstić information content (AvgIpc) is 2.73. The molecule has 4 aromatic rings. The molecule has 0 aliphatic carbocycles. The van der Waals surface area contributed by atoms with Gasteiger partial charge < -0.3 is 14.8 Å². The van der Waals surface area contributed by atoms with Crippen LogP contribution in [0.2, 0.25) is 0 Å². The number of benzene rings is 3. The van der Waals surface area contributed by atoms with E-state index >= 15 is 0 Å². The van der Waals surface area contributed by atoms with Gasteiger partial charge in [0.2, 0.25) is 5.52 Å². The first-order valence-electron chi connectivity index (χ1n) is 8.93. The van der Waals surface area contributed by atoms with Crippen molar-refractivity contribution in [2.75, 3.05) is 6.61 Å². The highest BCUT2D eigenvalue weighted by Crippen LogP contribution is 2.24. The Morgan fingerprint density at radius 2 is 1.54 bits per heavy atom. The summed E-state index contributed by atoms with van der Waals surface area (Å²) in [7, 11) is 0. The largest absolute Gasteiger partial charge is 0.618 e. The number of fused-ring (bicyclic) bond motifs is 1. The van der Waals surface area contributed by atoms with Crippen molar-refractivity contribution in [1.29, 1.82) is 0 Å². The minimum absolute atomic E-state index is 0.00147. The van der Waals surface area contributed by atoms with E-state index in [0.717, 1.165) is 0 Å². The molecule has 0 saturated heterocycles. The van der Waals surface area contributed by atoms with Crippen LogP contribution in [0, 0.1) is 5.21 Å². The molecule has 0 N–H and O–H groups in total. The fourth-order valence-corrected chi connectivity index (χ4v) is 3.02. The van der Waals surface area contributed by atoms with Gasteiger partial charge in [0, 0.05) is 6.07 Å². The van der Waals surface area contributed by atoms with E-state index in [1.807, 2.05) is 30.3 Å². The Morgan fingerprint density at radius 3 is 2.25 bits per heavy atom. The molecule has 0 saturated carbocycles. The maximum absolute atomic E-state index is 13.0. The van der Waals surface area contributed by atoms with Crippen LogP contribution in [0.3, 0.4) is 0 Å². The smallest absolute Gasteiger partial charge is 0.357 e. The molecule has 3 aromatic carbocycles. The van der Waals surface area contributed by atoms with Crippen LogP contribution in [-0.4, -0.2) is 11.3 Å². The number of aromatic nitrogens is 2. The minimum atomic E-state index is -0.507. The maximum Gasteiger partial charge on any atom is 0.357 e. The molecule has 1 aromatic heterocycles. The Morgan fingerprint density at radius 1 is 0.893 bits per heavy atom. The summed E-state index contributed by atoms with van der Waals surface area (Å²) in [6, 6.07) is 23.1. The van der Waals surface area contributed by atoms with Gasteiger partial charge in [0.1, 0.15) is 18.1 Å². The monoisotopic (exact) mass is 374 g/mol. The van der Waals surface area contributed by atoms with Gasteiger partial charge in [-0.05, 0) is 49.4 Å². The zero-order valence-corrected chi connectivity index (χ0v) is 15.2. The van der Waals surface area contributed by atoms with Gasteiger partial charge in [-0.25, -0.2) is 0 Å². The Hall–Kier alpha value is -3.80. The number of nitrogens with zero attached hydrogens (tertiary/aromatic N) is 2. The Kier molecular flexibility index (Phi) is 4.68. The lowest BCUT2D eigenvalue weighted by Gasteiger charge is -2.13. The third kappa shape index (κ3) is 3.16. The molecule has 0 aliphatic rings. The van der Waals surface area contributed by atoms with Gasteiger partial charge >= 0.3 is 5.56 Å². The predicted octanol–water partition coefficient (Wildman–Crippen LogP) is 3.54. The summed E-state index contributed by atoms with van der Waals surface area (Å²) in [5.41, 5.74) is 0.762. The van der Waals surface area contributed by atoms with Gasteiger partial charge in [0.25, 0.3) is 5.69 Å². The normalized spacial score (nSPS) is 10.8. The van der Waals surface area contributed by atoms with Gasteiger partial charge in [-0.1, -0.05) is 30.3 Å². The highest BCUT2D eigenvalue weighted by atomic mass is 16.7. The summed E-state index contributed by atoms with van der Waals surface area (Å²) >= 11 is 0. The van der Waals surface area contributed by atoms with Crippen molar-refractivity contribution in [3.63, 3.8) is 0 Å². The lowest BCUT2D eigenvalue weighted by molar-refractivity contribution is -0.566. The van der Waals surface area contributed by atoms with Crippen molar-refractivity contribution in [3.05, 3.63) is 94.4 Å². The number of hydrogen-bond acceptors (Lipinski definition) is 4. The zero-order chi connectivity index (χ0) is 19.5. The number of para-hydroxylation sites is 3. The lowest BCUT2D eigenvalue weighted by Crippen LogP contribution is -2.42. The molecule has 6 nitrogen and oxygen atoms in total. The highest BCUT2D eigenvalue weighted by Gasteiger charge is 2.23. The van der Waals surface area contributed by atoms with Crippen LogP contribution in [0.5, 0.6) is 11.5 Å². The second-order valence-corrected chi connectivity index (χ2v) is 6.09. The third-order valence-corrected chi connectivity index (χ3v) is 4.27. The van der Waals surface area contributed by atoms with E-state index < -0.39 is 5.56 Å². The van der Waals surface area contributed by atoms with Crippen molar-refractivity contribution in [1.82, 2.24) is 4.73 Å². The molecule has 1 heterocycles. The molecule has 0 fully saturated rings. The summed E-state index contributed by atoms with van der Waals surface area (Å²) in [5.74, 6) is 1.32. The standard InChI is InChI=1S/C22H18N2O4/c1-2-27-24-20-11-7-6-10-19(20)23(26)21(22(24)25)16-12-14-18(15-13-16)28-17-8-4-3-5-9-17/h3-15H,2H2,1H3. The maximum atomic E-state index is 13.0. The average molecular weight is 374 g/mol. The van der Waals surface area contributed by atoms with Crippen LogP contribution >= 0.6 is 0 Å². The summed E-state index contributed by atoms with van der Waals surface area (Å²) in [6.07, 6.45) is 0. The van der Waals surface area contributed by atoms with Crippen molar-refractivity contribution in [2.24, 2.45) is 0 Å². The van der Waals surface area contributed by atoms with E-state index in [2.05, 4.69) is 0 Å². The van der Waals surface area contributed by atoms with E-state index in [-0.39, 0.29) is 5.69 Å². The first kappa shape index (κ1) is 17.6. The summed E-state index contributed by atoms with van der Waals surface area (Å²) in [5, 5.41) is 12.9. The van der Waals surface area contributed by atoms with Crippen LogP contribution in [0.1, 0.15) is 6.92 Å². The number of ether oxygens (including phenoxy) is 1. The molecular formula is C22H18N2O4. The van der Waals surface area contributed by atoms with Crippen LogP contribution in [0.4, 0.5) is 0 Å². The highest BCUT2D eigenvalue weighted by molar-refractivity contribution is 5.73. The fraction of sp³-hybridized carbons (Fsp3) is 0.0909. The Balaban J connectivity index is 1.79. The summed E-state index contributed by atoms with van der Waals surface area (Å²) in [6.45, 7) is 2.09. The van der Waals surface area contributed by atoms with E-state index in [4.69, 9.17) is 9.57 Å². The molecule has 0 aliphatic heterocycles. The second kappa shape index (κ2) is 7.44. The topological polar surface area (TPSA) is 67.4 Å². The van der Waals surface area contributed by atoms with Gasteiger partial charge in [-0.2, -0.15) is 4.73 Å². The predicted molar refractivity (Wildman–Crippen MR) is 106 cm³/mol. The van der Waals surface area contributed by atoms with Gasteiger partial charge in [0.05, 0.1) is 5.56 Å². The van der Waals surface area contributed by atoms with Crippen LogP contribution < -0.4 is 19.9 Å². The molecule has 28 heavy (non-hydrogen) atoms. The van der Waals surface area contributed by atoms with E-state index in [1.54, 1.807) is 55.5 Å². The zero-order valence-electron chi connectivity index (χ0n) is 15.2. The second-order valence-electron chi connectivity index (χ2n) is 6.09. The van der Waals surface area contributed by atoms with Crippen LogP contribution in [0.15, 0.2) is 83.7 Å². The molecule has 4 rings (SSSR count). The van der Waals surface area contributed by atoms with Gasteiger partial charge in [-0.15, -0.1) is 4.73 Å². The molecule has 0 bridgehead atoms. The van der Waals surface area contributed by atoms with E-state index in [1.165, 1.54) is 4.73 Å². The van der Waals surface area contributed by atoms with Crippen molar-refractivity contribution >= 4 is 11.0 Å². The molecular weight excluding hydrogens is 356 g/mol. The SMILES string of the molecule is CCOn1c(=O)c(-c2ccc(Oc3ccccc3)cc2)[n+]([O-])c2ccccc21. The molecule has 6 heteroatoms. The molecule has 0 unspecified atom stereocenters. The minimum Gasteiger partial charge on any atom is -0.618 e. The van der Waals surface area contributed by atoms with Crippen molar-refractivity contribution in [3.8, 4) is 22.8 Å². The van der Waals surface area contributed by atoms with Crippen LogP contribution in [-0.2, 0) is 0 Å². The number of rotatable bonds is 5. The molecule has 0 spiro atoms. The quantitative estimate of drug-likeness (QED) is 0.396. The first-order valence-corrected chi connectivity index (χ1v) is 8.93. The number of hydrogen-bond donors (Lipinski definition) is 0. The molecule has 0 atom stereocenters. The van der Waals surface area contributed by atoms with E-state index in [9.17, 15) is 10.0 Å². The van der Waals surface area contributed by atoms with E-state index in [0.29, 0.717) is 39.4 Å². The molecule has 0 amide bonds. The van der Waals surface area contributed by atoms with Gasteiger partial charge in [-0.3, -0.25) is 4.79 Å². The lowest BCUT2D eigenvalue weighted by atomic mass is 10.1. The Labute approximate surface area is 161 Å². The van der Waals surface area contributed by atoms with Crippen molar-refractivity contribution in [2.45, 2.75) is 6.92 Å². The van der Waals surface area contributed by atoms with Gasteiger partial charge in [0.15, 0.2) is 5.52 Å². The summed E-state index contributed by atoms with van der Waals surface area (Å²) < 4.78 is 7.60. The Bertz CT molecular complexity index is 1170. The van der Waals surface area contributed by atoms with Crippen LogP contribution in [0.25, 0.3) is 22.3 Å². The third-order valence-electron chi connectivity index (χ3n) is 4.27. The first-order chi connectivity index (χ1) is 13.7. The van der Waals surface area contributed by atoms with Crippen molar-refractivity contribution < 1.29 is 14.3 Å².